The van der Waals surface area contributed by atoms with Gasteiger partial charge in [0.15, 0.2) is 11.8 Å². The van der Waals surface area contributed by atoms with Crippen molar-refractivity contribution in [1.82, 2.24) is 4.98 Å². The summed E-state index contributed by atoms with van der Waals surface area (Å²) in [6.07, 6.45) is 2.19. The zero-order valence-corrected chi connectivity index (χ0v) is 14.6. The summed E-state index contributed by atoms with van der Waals surface area (Å²) in [4.78, 5) is 27.2. The fourth-order valence-electron chi connectivity index (χ4n) is 2.00. The van der Waals surface area contributed by atoms with E-state index in [4.69, 9.17) is 21.1 Å². The average Bonchev–Trinajstić information content (AvgIpc) is 2.59. The van der Waals surface area contributed by atoms with Crippen LogP contribution in [0.3, 0.4) is 0 Å². The van der Waals surface area contributed by atoms with Gasteiger partial charge in [0, 0.05) is 12.6 Å². The van der Waals surface area contributed by atoms with Crippen LogP contribution in [-0.4, -0.2) is 30.1 Å². The Morgan fingerprint density at radius 2 is 2.08 bits per heavy atom. The van der Waals surface area contributed by atoms with Crippen molar-refractivity contribution in [3.05, 3.63) is 53.3 Å². The highest BCUT2D eigenvalue weighted by Crippen LogP contribution is 2.17. The van der Waals surface area contributed by atoms with E-state index in [0.717, 1.165) is 11.3 Å². The largest absolute Gasteiger partial charge is 0.494 e. The van der Waals surface area contributed by atoms with Crippen molar-refractivity contribution in [3.8, 4) is 5.75 Å². The topological polar surface area (TPSA) is 77.5 Å². The Morgan fingerprint density at radius 3 is 2.84 bits per heavy atom. The molecule has 1 aromatic heterocycles. The first-order chi connectivity index (χ1) is 12.0. The monoisotopic (exact) mass is 362 g/mol. The molecule has 1 N–H and O–H groups in total. The van der Waals surface area contributed by atoms with Gasteiger partial charge in [0.1, 0.15) is 5.75 Å². The van der Waals surface area contributed by atoms with E-state index < -0.39 is 11.9 Å². The Hall–Kier alpha value is -2.60. The predicted molar refractivity (Wildman–Crippen MR) is 94.7 cm³/mol. The van der Waals surface area contributed by atoms with Gasteiger partial charge >= 0.3 is 5.97 Å². The third-order valence-corrected chi connectivity index (χ3v) is 3.48. The number of nitrogens with zero attached hydrogens (tertiary/aromatic N) is 1. The van der Waals surface area contributed by atoms with Crippen LogP contribution in [0.2, 0.25) is 5.15 Å². The highest BCUT2D eigenvalue weighted by atomic mass is 35.5. The number of amides is 1. The molecule has 2 aromatic rings. The summed E-state index contributed by atoms with van der Waals surface area (Å²) in [7, 11) is 0. The molecule has 0 spiro atoms. The molecule has 2 rings (SSSR count). The standard InChI is InChI=1S/C18H19ClN2O4/c1-13-5-2-6-14(11-13)24-10-4-8-17(23)25-12-16(22)21-15-7-3-9-20-18(15)19/h2-3,5-7,9,11H,4,8,10,12H2,1H3,(H,21,22). The lowest BCUT2D eigenvalue weighted by Gasteiger charge is -2.08. The summed E-state index contributed by atoms with van der Waals surface area (Å²) in [5, 5.41) is 2.70. The maximum atomic E-state index is 11.7. The smallest absolute Gasteiger partial charge is 0.306 e. The SMILES string of the molecule is Cc1cccc(OCCCC(=O)OCC(=O)Nc2cccnc2Cl)c1. The molecule has 25 heavy (non-hydrogen) atoms. The van der Waals surface area contributed by atoms with Crippen molar-refractivity contribution < 1.29 is 19.1 Å². The number of pyridine rings is 1. The lowest BCUT2D eigenvalue weighted by Crippen LogP contribution is -2.21. The van der Waals surface area contributed by atoms with Gasteiger partial charge in [-0.1, -0.05) is 23.7 Å². The number of aromatic nitrogens is 1. The van der Waals surface area contributed by atoms with Crippen molar-refractivity contribution >= 4 is 29.2 Å². The fourth-order valence-corrected chi connectivity index (χ4v) is 2.16. The molecule has 0 fully saturated rings. The average molecular weight is 363 g/mol. The molecular formula is C18H19ClN2O4. The van der Waals surface area contributed by atoms with Crippen molar-refractivity contribution in [1.29, 1.82) is 0 Å². The number of halogens is 1. The molecule has 0 saturated heterocycles. The van der Waals surface area contributed by atoms with E-state index in [1.54, 1.807) is 12.1 Å². The van der Waals surface area contributed by atoms with Gasteiger partial charge in [0.25, 0.3) is 5.91 Å². The van der Waals surface area contributed by atoms with Gasteiger partial charge in [-0.25, -0.2) is 4.98 Å². The number of hydrogen-bond donors (Lipinski definition) is 1. The van der Waals surface area contributed by atoms with Crippen LogP contribution in [0.25, 0.3) is 0 Å². The third kappa shape index (κ3) is 6.81. The molecule has 0 aliphatic carbocycles. The number of carbonyl (C=O) groups is 2. The second kappa shape index (κ2) is 9.64. The number of carbonyl (C=O) groups excluding carboxylic acids is 2. The van der Waals surface area contributed by atoms with Gasteiger partial charge in [-0.15, -0.1) is 0 Å². The third-order valence-electron chi connectivity index (χ3n) is 3.18. The second-order valence-corrected chi connectivity index (χ2v) is 5.68. The number of hydrogen-bond acceptors (Lipinski definition) is 5. The van der Waals surface area contributed by atoms with E-state index in [-0.39, 0.29) is 18.2 Å². The number of nitrogens with one attached hydrogen (secondary N) is 1. The number of esters is 1. The lowest BCUT2D eigenvalue weighted by atomic mass is 10.2. The maximum Gasteiger partial charge on any atom is 0.306 e. The van der Waals surface area contributed by atoms with Gasteiger partial charge < -0.3 is 14.8 Å². The van der Waals surface area contributed by atoms with Crippen molar-refractivity contribution in [3.63, 3.8) is 0 Å². The number of aryl methyl sites for hydroxylation is 1. The lowest BCUT2D eigenvalue weighted by molar-refractivity contribution is -0.147. The van der Waals surface area contributed by atoms with Gasteiger partial charge in [0.2, 0.25) is 0 Å². The van der Waals surface area contributed by atoms with E-state index in [1.807, 2.05) is 31.2 Å². The van der Waals surface area contributed by atoms with Crippen LogP contribution >= 0.6 is 11.6 Å². The molecule has 0 aliphatic heterocycles. The van der Waals surface area contributed by atoms with Crippen LogP contribution < -0.4 is 10.1 Å². The van der Waals surface area contributed by atoms with Crippen LogP contribution in [0.4, 0.5) is 5.69 Å². The quantitative estimate of drug-likeness (QED) is 0.442. The van der Waals surface area contributed by atoms with Crippen molar-refractivity contribution in [2.75, 3.05) is 18.5 Å². The maximum absolute atomic E-state index is 11.7. The number of ether oxygens (including phenoxy) is 2. The fraction of sp³-hybridized carbons (Fsp3) is 0.278. The molecule has 0 radical (unpaired) electrons. The summed E-state index contributed by atoms with van der Waals surface area (Å²) in [5.74, 6) is -0.166. The Kier molecular flexibility index (Phi) is 7.22. The van der Waals surface area contributed by atoms with E-state index in [0.29, 0.717) is 18.7 Å². The molecule has 6 nitrogen and oxygen atoms in total. The molecular weight excluding hydrogens is 344 g/mol. The summed E-state index contributed by atoms with van der Waals surface area (Å²) in [6.45, 7) is 2.01. The molecule has 132 valence electrons. The summed E-state index contributed by atoms with van der Waals surface area (Å²) in [5.41, 5.74) is 1.48. The van der Waals surface area contributed by atoms with E-state index >= 15 is 0 Å². The van der Waals surface area contributed by atoms with Crippen molar-refractivity contribution in [2.45, 2.75) is 19.8 Å². The minimum Gasteiger partial charge on any atom is -0.494 e. The van der Waals surface area contributed by atoms with E-state index in [1.165, 1.54) is 6.20 Å². The van der Waals surface area contributed by atoms with Crippen LogP contribution in [-0.2, 0) is 14.3 Å². The zero-order valence-electron chi connectivity index (χ0n) is 13.8. The molecule has 1 amide bonds. The normalized spacial score (nSPS) is 10.2. The molecule has 0 aliphatic rings. The summed E-state index contributed by atoms with van der Waals surface area (Å²) in [6, 6.07) is 10.9. The Bertz CT molecular complexity index is 737. The van der Waals surface area contributed by atoms with Gasteiger partial charge in [0.05, 0.1) is 12.3 Å². The summed E-state index contributed by atoms with van der Waals surface area (Å²) >= 11 is 5.83. The zero-order chi connectivity index (χ0) is 18.1. The molecule has 1 aromatic carbocycles. The van der Waals surface area contributed by atoms with E-state index in [9.17, 15) is 9.59 Å². The van der Waals surface area contributed by atoms with Gasteiger partial charge in [-0.2, -0.15) is 0 Å². The highest BCUT2D eigenvalue weighted by molar-refractivity contribution is 6.32. The first kappa shape index (κ1) is 18.7. The summed E-state index contributed by atoms with van der Waals surface area (Å²) < 4.78 is 10.5. The van der Waals surface area contributed by atoms with E-state index in [2.05, 4.69) is 10.3 Å². The minimum atomic E-state index is -0.473. The molecule has 1 heterocycles. The van der Waals surface area contributed by atoms with Gasteiger partial charge in [-0.3, -0.25) is 9.59 Å². The van der Waals surface area contributed by atoms with Crippen LogP contribution in [0, 0.1) is 6.92 Å². The first-order valence-corrected chi connectivity index (χ1v) is 8.18. The molecule has 0 saturated carbocycles. The van der Waals surface area contributed by atoms with Crippen molar-refractivity contribution in [2.24, 2.45) is 0 Å². The number of anilines is 1. The molecule has 0 atom stereocenters. The molecule has 7 heteroatoms. The Labute approximate surface area is 151 Å². The highest BCUT2D eigenvalue weighted by Gasteiger charge is 2.10. The number of benzene rings is 1. The first-order valence-electron chi connectivity index (χ1n) is 7.80. The minimum absolute atomic E-state index is 0.173. The molecule has 0 bridgehead atoms. The second-order valence-electron chi connectivity index (χ2n) is 5.32. The van der Waals surface area contributed by atoms with Crippen LogP contribution in [0.1, 0.15) is 18.4 Å². The Balaban J connectivity index is 1.62. The predicted octanol–water partition coefficient (Wildman–Crippen LogP) is 3.38. The molecule has 0 unspecified atom stereocenters. The Morgan fingerprint density at radius 1 is 1.24 bits per heavy atom. The van der Waals surface area contributed by atoms with Crippen LogP contribution in [0.15, 0.2) is 42.6 Å². The van der Waals surface area contributed by atoms with Gasteiger partial charge in [-0.05, 0) is 43.2 Å². The van der Waals surface area contributed by atoms with Crippen LogP contribution in [0.5, 0.6) is 5.75 Å². The number of rotatable bonds is 8.